The molecule has 0 aliphatic carbocycles. The highest BCUT2D eigenvalue weighted by Crippen LogP contribution is 2.33. The number of esters is 1. The highest BCUT2D eigenvalue weighted by atomic mass is 35.5. The Hall–Kier alpha value is -3.43. The van der Waals surface area contributed by atoms with Gasteiger partial charge in [-0.25, -0.2) is 14.5 Å². The Kier molecular flexibility index (Phi) is 6.44. The summed E-state index contributed by atoms with van der Waals surface area (Å²) in [6.07, 6.45) is 5.42. The summed E-state index contributed by atoms with van der Waals surface area (Å²) in [5, 5.41) is 10.7. The van der Waals surface area contributed by atoms with E-state index in [4.69, 9.17) is 30.8 Å². The molecular weight excluding hydrogens is 470 g/mol. The van der Waals surface area contributed by atoms with Gasteiger partial charge >= 0.3 is 5.97 Å². The van der Waals surface area contributed by atoms with Gasteiger partial charge in [0.2, 0.25) is 0 Å². The van der Waals surface area contributed by atoms with Crippen LogP contribution >= 0.6 is 11.6 Å². The fraction of sp³-hybridized carbons (Fsp3) is 0.360. The minimum absolute atomic E-state index is 0.0490. The van der Waals surface area contributed by atoms with Crippen LogP contribution in [-0.4, -0.2) is 51.3 Å². The second-order valence-corrected chi connectivity index (χ2v) is 8.82. The predicted octanol–water partition coefficient (Wildman–Crippen LogP) is 4.57. The maximum atomic E-state index is 12.0. The standard InChI is InChI=1S/C25H26ClN5O4/c1-30-21(28-24(29-30)16-7-9-17(25(32)34-3)20(12-16)33-2)13-15-8-10-19-18(23(15)26)14-27-31(19)22-6-4-5-11-35-22/h7-10,12,14,22H,4-6,11,13H2,1-3H3. The lowest BCUT2D eigenvalue weighted by Gasteiger charge is -2.23. The number of rotatable bonds is 6. The molecule has 1 aliphatic rings. The molecule has 0 spiro atoms. The molecule has 5 rings (SSSR count). The summed E-state index contributed by atoms with van der Waals surface area (Å²) in [6.45, 7) is 0.754. The van der Waals surface area contributed by atoms with Gasteiger partial charge in [-0.2, -0.15) is 10.2 Å². The largest absolute Gasteiger partial charge is 0.496 e. The van der Waals surface area contributed by atoms with Gasteiger partial charge in [0, 0.05) is 31.0 Å². The van der Waals surface area contributed by atoms with E-state index in [0.717, 1.165) is 53.7 Å². The van der Waals surface area contributed by atoms with E-state index < -0.39 is 5.97 Å². The second-order valence-electron chi connectivity index (χ2n) is 8.44. The first-order valence-corrected chi connectivity index (χ1v) is 11.8. The van der Waals surface area contributed by atoms with Gasteiger partial charge < -0.3 is 14.2 Å². The van der Waals surface area contributed by atoms with E-state index in [1.807, 2.05) is 23.9 Å². The van der Waals surface area contributed by atoms with Gasteiger partial charge in [-0.05, 0) is 49.1 Å². The number of nitrogens with zero attached hydrogens (tertiary/aromatic N) is 5. The first-order chi connectivity index (χ1) is 17.0. The first-order valence-electron chi connectivity index (χ1n) is 11.4. The van der Waals surface area contributed by atoms with E-state index in [1.165, 1.54) is 14.2 Å². The number of carbonyl (C=O) groups is 1. The van der Waals surface area contributed by atoms with Crippen molar-refractivity contribution in [2.45, 2.75) is 31.9 Å². The molecule has 10 heteroatoms. The van der Waals surface area contributed by atoms with Crippen molar-refractivity contribution in [3.05, 3.63) is 58.5 Å². The van der Waals surface area contributed by atoms with Gasteiger partial charge in [0.25, 0.3) is 0 Å². The molecule has 182 valence electrons. The second kappa shape index (κ2) is 9.67. The van der Waals surface area contributed by atoms with Crippen molar-refractivity contribution < 1.29 is 19.0 Å². The maximum absolute atomic E-state index is 12.0. The molecule has 1 unspecified atom stereocenters. The third-order valence-corrected chi connectivity index (χ3v) is 6.74. The minimum Gasteiger partial charge on any atom is -0.496 e. The van der Waals surface area contributed by atoms with Crippen molar-refractivity contribution in [3.63, 3.8) is 0 Å². The zero-order valence-corrected chi connectivity index (χ0v) is 20.6. The third-order valence-electron chi connectivity index (χ3n) is 6.29. The zero-order chi connectivity index (χ0) is 24.5. The lowest BCUT2D eigenvalue weighted by atomic mass is 10.1. The van der Waals surface area contributed by atoms with E-state index in [-0.39, 0.29) is 6.23 Å². The topological polar surface area (TPSA) is 93.3 Å². The van der Waals surface area contributed by atoms with Crippen LogP contribution in [0.5, 0.6) is 5.75 Å². The van der Waals surface area contributed by atoms with Crippen LogP contribution in [0.1, 0.15) is 47.2 Å². The molecule has 9 nitrogen and oxygen atoms in total. The quantitative estimate of drug-likeness (QED) is 0.362. The van der Waals surface area contributed by atoms with Crippen LogP contribution in [-0.2, 0) is 22.9 Å². The molecule has 0 N–H and O–H groups in total. The third kappa shape index (κ3) is 4.37. The summed E-state index contributed by atoms with van der Waals surface area (Å²) in [6, 6.07) is 9.19. The Balaban J connectivity index is 1.43. The van der Waals surface area contributed by atoms with Crippen molar-refractivity contribution in [2.75, 3.05) is 20.8 Å². The summed E-state index contributed by atoms with van der Waals surface area (Å²) in [5.41, 5.74) is 2.96. The van der Waals surface area contributed by atoms with Crippen LogP contribution in [0, 0.1) is 0 Å². The number of fused-ring (bicyclic) bond motifs is 1. The molecular formula is C25H26ClN5O4. The molecule has 4 aromatic rings. The van der Waals surface area contributed by atoms with Gasteiger partial charge in [-0.3, -0.25) is 4.68 Å². The van der Waals surface area contributed by atoms with Crippen LogP contribution in [0.4, 0.5) is 0 Å². The van der Waals surface area contributed by atoms with E-state index in [9.17, 15) is 4.79 Å². The average molecular weight is 496 g/mol. The molecule has 2 aromatic carbocycles. The number of methoxy groups -OCH3 is 2. The molecule has 0 bridgehead atoms. The molecule has 1 aliphatic heterocycles. The van der Waals surface area contributed by atoms with Crippen LogP contribution in [0.25, 0.3) is 22.3 Å². The smallest absolute Gasteiger partial charge is 0.341 e. The molecule has 0 amide bonds. The number of carbonyl (C=O) groups excluding carboxylic acids is 1. The zero-order valence-electron chi connectivity index (χ0n) is 19.8. The summed E-state index contributed by atoms with van der Waals surface area (Å²) in [4.78, 5) is 16.7. The molecule has 3 heterocycles. The number of hydrogen-bond donors (Lipinski definition) is 0. The number of aromatic nitrogens is 5. The van der Waals surface area contributed by atoms with Crippen LogP contribution in [0.2, 0.25) is 5.02 Å². The molecule has 1 saturated heterocycles. The number of hydrogen-bond acceptors (Lipinski definition) is 7. The molecule has 1 fully saturated rings. The van der Waals surface area contributed by atoms with Gasteiger partial charge in [0.15, 0.2) is 12.1 Å². The van der Waals surface area contributed by atoms with Gasteiger partial charge in [0.05, 0.1) is 31.0 Å². The van der Waals surface area contributed by atoms with Crippen molar-refractivity contribution in [2.24, 2.45) is 7.05 Å². The fourth-order valence-electron chi connectivity index (χ4n) is 4.39. The van der Waals surface area contributed by atoms with Crippen LogP contribution < -0.4 is 4.74 Å². The summed E-state index contributed by atoms with van der Waals surface area (Å²) < 4.78 is 19.7. The predicted molar refractivity (Wildman–Crippen MR) is 131 cm³/mol. The first kappa shape index (κ1) is 23.3. The fourth-order valence-corrected chi connectivity index (χ4v) is 4.66. The highest BCUT2D eigenvalue weighted by Gasteiger charge is 2.21. The molecule has 0 saturated carbocycles. The average Bonchev–Trinajstić information content (AvgIpc) is 3.49. The molecule has 35 heavy (non-hydrogen) atoms. The molecule has 0 radical (unpaired) electrons. The number of aryl methyl sites for hydroxylation is 1. The van der Waals surface area contributed by atoms with Gasteiger partial charge in [-0.1, -0.05) is 17.7 Å². The Morgan fingerprint density at radius 1 is 1.23 bits per heavy atom. The van der Waals surface area contributed by atoms with E-state index in [0.29, 0.717) is 28.6 Å². The van der Waals surface area contributed by atoms with Gasteiger partial charge in [-0.15, -0.1) is 0 Å². The Bertz CT molecular complexity index is 1390. The minimum atomic E-state index is -0.466. The highest BCUT2D eigenvalue weighted by molar-refractivity contribution is 6.36. The maximum Gasteiger partial charge on any atom is 0.341 e. The molecule has 1 atom stereocenters. The summed E-state index contributed by atoms with van der Waals surface area (Å²) >= 11 is 6.81. The van der Waals surface area contributed by atoms with E-state index >= 15 is 0 Å². The lowest BCUT2D eigenvalue weighted by Crippen LogP contribution is -2.18. The van der Waals surface area contributed by atoms with Crippen molar-refractivity contribution in [1.82, 2.24) is 24.5 Å². The number of halogens is 1. The van der Waals surface area contributed by atoms with Crippen molar-refractivity contribution >= 4 is 28.5 Å². The Morgan fingerprint density at radius 2 is 2.09 bits per heavy atom. The van der Waals surface area contributed by atoms with E-state index in [1.54, 1.807) is 29.1 Å². The normalized spacial score (nSPS) is 15.9. The SMILES string of the molecule is COC(=O)c1ccc(-c2nc(Cc3ccc4c(cnn4C4CCCCO4)c3Cl)n(C)n2)cc1OC. The van der Waals surface area contributed by atoms with Crippen LogP contribution in [0.3, 0.4) is 0 Å². The summed E-state index contributed by atoms with van der Waals surface area (Å²) in [7, 11) is 4.68. The van der Waals surface area contributed by atoms with E-state index in [2.05, 4.69) is 10.2 Å². The van der Waals surface area contributed by atoms with Crippen molar-refractivity contribution in [3.8, 4) is 17.1 Å². The van der Waals surface area contributed by atoms with Crippen molar-refractivity contribution in [1.29, 1.82) is 0 Å². The number of benzene rings is 2. The lowest BCUT2D eigenvalue weighted by molar-refractivity contribution is -0.0366. The number of ether oxygens (including phenoxy) is 3. The van der Waals surface area contributed by atoms with Gasteiger partial charge in [0.1, 0.15) is 17.1 Å². The van der Waals surface area contributed by atoms with Crippen LogP contribution in [0.15, 0.2) is 36.5 Å². The Morgan fingerprint density at radius 3 is 2.83 bits per heavy atom. The summed E-state index contributed by atoms with van der Waals surface area (Å²) in [5.74, 6) is 1.21. The molecule has 2 aromatic heterocycles. The Labute approximate surface area is 207 Å². The monoisotopic (exact) mass is 495 g/mol.